The van der Waals surface area contributed by atoms with Crippen LogP contribution >= 0.6 is 0 Å². The lowest BCUT2D eigenvalue weighted by atomic mass is 10.4. The van der Waals surface area contributed by atoms with Crippen LogP contribution in [0.4, 0.5) is 0 Å². The summed E-state index contributed by atoms with van der Waals surface area (Å²) in [6, 6.07) is 1.70. The zero-order valence-electron chi connectivity index (χ0n) is 5.13. The van der Waals surface area contributed by atoms with Crippen LogP contribution in [0.15, 0.2) is 12.3 Å². The molecule has 0 spiro atoms. The standard InChI is InChI=1S/C5H8N4/c1-9-4(5(6)7)2-3-8-9/h2-3H,1H3,(H3,6,7). The average Bonchev–Trinajstić information content (AvgIpc) is 2.13. The van der Waals surface area contributed by atoms with Gasteiger partial charge in [0.1, 0.15) is 11.5 Å². The Balaban J connectivity index is 3.08. The summed E-state index contributed by atoms with van der Waals surface area (Å²) in [5.41, 5.74) is 5.83. The van der Waals surface area contributed by atoms with Crippen molar-refractivity contribution in [2.45, 2.75) is 0 Å². The second-order valence-electron chi connectivity index (χ2n) is 1.75. The summed E-state index contributed by atoms with van der Waals surface area (Å²) in [5.74, 6) is 0.0509. The highest BCUT2D eigenvalue weighted by atomic mass is 15.3. The molecule has 0 aromatic carbocycles. The van der Waals surface area contributed by atoms with Crippen LogP contribution in [0, 0.1) is 5.41 Å². The molecule has 4 nitrogen and oxygen atoms in total. The summed E-state index contributed by atoms with van der Waals surface area (Å²) in [6.45, 7) is 0. The van der Waals surface area contributed by atoms with Gasteiger partial charge in [-0.1, -0.05) is 0 Å². The number of hydrogen-bond acceptors (Lipinski definition) is 2. The van der Waals surface area contributed by atoms with Gasteiger partial charge in [-0.2, -0.15) is 5.10 Å². The number of hydrogen-bond donors (Lipinski definition) is 2. The summed E-state index contributed by atoms with van der Waals surface area (Å²) in [7, 11) is 1.75. The van der Waals surface area contributed by atoms with E-state index in [0.29, 0.717) is 5.69 Å². The van der Waals surface area contributed by atoms with Gasteiger partial charge in [0.2, 0.25) is 0 Å². The molecule has 1 aromatic heterocycles. The van der Waals surface area contributed by atoms with E-state index in [0.717, 1.165) is 0 Å². The first-order valence-electron chi connectivity index (χ1n) is 2.54. The van der Waals surface area contributed by atoms with Crippen molar-refractivity contribution in [3.05, 3.63) is 18.0 Å². The fourth-order valence-electron chi connectivity index (χ4n) is 0.638. The SMILES string of the molecule is Cn1nccc1C(=N)N. The molecular formula is C5H8N4. The van der Waals surface area contributed by atoms with E-state index < -0.39 is 0 Å². The number of nitrogens with zero attached hydrogens (tertiary/aromatic N) is 2. The van der Waals surface area contributed by atoms with Gasteiger partial charge in [0.05, 0.1) is 0 Å². The van der Waals surface area contributed by atoms with Crippen molar-refractivity contribution in [2.24, 2.45) is 12.8 Å². The van der Waals surface area contributed by atoms with Crippen molar-refractivity contribution >= 4 is 5.84 Å². The summed E-state index contributed by atoms with van der Waals surface area (Å²) in [6.07, 6.45) is 1.61. The Morgan fingerprint density at radius 2 is 2.56 bits per heavy atom. The Labute approximate surface area is 52.8 Å². The number of amidine groups is 1. The number of nitrogens with one attached hydrogen (secondary N) is 1. The number of nitrogens with two attached hydrogens (primary N) is 1. The van der Waals surface area contributed by atoms with Gasteiger partial charge in [-0.25, -0.2) is 0 Å². The molecule has 0 saturated carbocycles. The number of rotatable bonds is 1. The molecule has 0 radical (unpaired) electrons. The highest BCUT2D eigenvalue weighted by Gasteiger charge is 1.98. The Hall–Kier alpha value is -1.32. The second kappa shape index (κ2) is 1.89. The lowest BCUT2D eigenvalue weighted by Gasteiger charge is -1.95. The number of nitrogen functional groups attached to an aromatic ring is 1. The topological polar surface area (TPSA) is 67.7 Å². The van der Waals surface area contributed by atoms with Crippen LogP contribution in [0.2, 0.25) is 0 Å². The second-order valence-corrected chi connectivity index (χ2v) is 1.75. The smallest absolute Gasteiger partial charge is 0.141 e. The van der Waals surface area contributed by atoms with E-state index in [4.69, 9.17) is 11.1 Å². The quantitative estimate of drug-likeness (QED) is 0.399. The zero-order valence-corrected chi connectivity index (χ0v) is 5.13. The maximum atomic E-state index is 7.01. The molecule has 0 fully saturated rings. The van der Waals surface area contributed by atoms with E-state index in [1.54, 1.807) is 24.0 Å². The Kier molecular flexibility index (Phi) is 1.22. The number of aromatic nitrogens is 2. The minimum Gasteiger partial charge on any atom is -0.382 e. The molecule has 0 amide bonds. The molecule has 1 heterocycles. The summed E-state index contributed by atoms with van der Waals surface area (Å²) in [5, 5.41) is 10.8. The molecule has 0 bridgehead atoms. The molecule has 9 heavy (non-hydrogen) atoms. The lowest BCUT2D eigenvalue weighted by Crippen LogP contribution is -2.15. The summed E-state index contributed by atoms with van der Waals surface area (Å²) < 4.78 is 1.56. The van der Waals surface area contributed by atoms with E-state index in [1.165, 1.54) is 0 Å². The third-order valence-electron chi connectivity index (χ3n) is 1.10. The van der Waals surface area contributed by atoms with Gasteiger partial charge in [0, 0.05) is 13.2 Å². The molecule has 48 valence electrons. The van der Waals surface area contributed by atoms with Gasteiger partial charge in [-0.3, -0.25) is 10.1 Å². The van der Waals surface area contributed by atoms with Crippen molar-refractivity contribution in [3.8, 4) is 0 Å². The minimum atomic E-state index is 0.0509. The van der Waals surface area contributed by atoms with Gasteiger partial charge in [-0.15, -0.1) is 0 Å². The molecule has 0 aliphatic carbocycles. The van der Waals surface area contributed by atoms with E-state index in [9.17, 15) is 0 Å². The summed E-state index contributed by atoms with van der Waals surface area (Å²) >= 11 is 0. The van der Waals surface area contributed by atoms with E-state index in [-0.39, 0.29) is 5.84 Å². The van der Waals surface area contributed by atoms with Crippen molar-refractivity contribution in [2.75, 3.05) is 0 Å². The van der Waals surface area contributed by atoms with Gasteiger partial charge in [0.25, 0.3) is 0 Å². The molecule has 3 N–H and O–H groups in total. The van der Waals surface area contributed by atoms with Gasteiger partial charge in [0.15, 0.2) is 0 Å². The fourth-order valence-corrected chi connectivity index (χ4v) is 0.638. The van der Waals surface area contributed by atoms with Crippen LogP contribution in [0.25, 0.3) is 0 Å². The Morgan fingerprint density at radius 1 is 1.89 bits per heavy atom. The van der Waals surface area contributed by atoms with Crippen molar-refractivity contribution in [1.29, 1.82) is 5.41 Å². The predicted octanol–water partition coefficient (Wildman–Crippen LogP) is -0.296. The first-order chi connectivity index (χ1) is 4.22. The number of aryl methyl sites for hydroxylation is 1. The lowest BCUT2D eigenvalue weighted by molar-refractivity contribution is 0.758. The van der Waals surface area contributed by atoms with Crippen molar-refractivity contribution in [1.82, 2.24) is 9.78 Å². The molecule has 1 aromatic rings. The maximum Gasteiger partial charge on any atom is 0.141 e. The first-order valence-corrected chi connectivity index (χ1v) is 2.54. The first kappa shape index (κ1) is 5.81. The Morgan fingerprint density at radius 3 is 2.78 bits per heavy atom. The third kappa shape index (κ3) is 0.910. The van der Waals surface area contributed by atoms with Crippen LogP contribution in [0.1, 0.15) is 5.69 Å². The van der Waals surface area contributed by atoms with Crippen molar-refractivity contribution in [3.63, 3.8) is 0 Å². The molecule has 0 aliphatic heterocycles. The fraction of sp³-hybridized carbons (Fsp3) is 0.200. The summed E-state index contributed by atoms with van der Waals surface area (Å²) in [4.78, 5) is 0. The molecule has 1 rings (SSSR count). The Bertz CT molecular complexity index is 225. The molecule has 0 aliphatic rings. The maximum absolute atomic E-state index is 7.01. The third-order valence-corrected chi connectivity index (χ3v) is 1.10. The van der Waals surface area contributed by atoms with Gasteiger partial charge in [-0.05, 0) is 6.07 Å². The van der Waals surface area contributed by atoms with Gasteiger partial charge >= 0.3 is 0 Å². The molecular weight excluding hydrogens is 116 g/mol. The zero-order chi connectivity index (χ0) is 6.85. The highest BCUT2D eigenvalue weighted by molar-refractivity contribution is 5.93. The van der Waals surface area contributed by atoms with Crippen molar-refractivity contribution < 1.29 is 0 Å². The minimum absolute atomic E-state index is 0.0509. The van der Waals surface area contributed by atoms with E-state index >= 15 is 0 Å². The molecule has 0 unspecified atom stereocenters. The van der Waals surface area contributed by atoms with E-state index in [2.05, 4.69) is 5.10 Å². The van der Waals surface area contributed by atoms with Crippen LogP contribution in [-0.4, -0.2) is 15.6 Å². The highest BCUT2D eigenvalue weighted by Crippen LogP contribution is 1.91. The van der Waals surface area contributed by atoms with Crippen LogP contribution < -0.4 is 5.73 Å². The molecule has 0 saturated heterocycles. The van der Waals surface area contributed by atoms with Crippen LogP contribution in [-0.2, 0) is 7.05 Å². The monoisotopic (exact) mass is 124 g/mol. The molecule has 4 heteroatoms. The van der Waals surface area contributed by atoms with Gasteiger partial charge < -0.3 is 5.73 Å². The average molecular weight is 124 g/mol. The van der Waals surface area contributed by atoms with Crippen LogP contribution in [0.3, 0.4) is 0 Å². The normalized spacial score (nSPS) is 9.44. The van der Waals surface area contributed by atoms with E-state index in [1.807, 2.05) is 0 Å². The molecule has 0 atom stereocenters. The largest absolute Gasteiger partial charge is 0.382 e. The predicted molar refractivity (Wildman–Crippen MR) is 34.2 cm³/mol. The van der Waals surface area contributed by atoms with Crippen LogP contribution in [0.5, 0.6) is 0 Å².